The molecule has 1 N–H and O–H groups in total. The van der Waals surface area contributed by atoms with Crippen molar-refractivity contribution in [3.8, 4) is 11.3 Å². The van der Waals surface area contributed by atoms with E-state index < -0.39 is 11.6 Å². The van der Waals surface area contributed by atoms with Crippen LogP contribution in [0.5, 0.6) is 0 Å². The molecular weight excluding hydrogens is 224 g/mol. The first-order valence-electron chi connectivity index (χ1n) is 5.08. The normalized spacial score (nSPS) is 10.4. The number of nitrogens with zero attached hydrogens (tertiary/aromatic N) is 2. The van der Waals surface area contributed by atoms with E-state index in [4.69, 9.17) is 0 Å². The zero-order chi connectivity index (χ0) is 12.4. The Morgan fingerprint density at radius 2 is 2.00 bits per heavy atom. The van der Waals surface area contributed by atoms with Crippen molar-refractivity contribution in [2.24, 2.45) is 0 Å². The van der Waals surface area contributed by atoms with E-state index in [1.807, 2.05) is 0 Å². The predicted molar refractivity (Wildman–Crippen MR) is 61.7 cm³/mol. The quantitative estimate of drug-likeness (QED) is 0.869. The molecule has 0 fully saturated rings. The van der Waals surface area contributed by atoms with E-state index in [1.165, 1.54) is 12.1 Å². The molecule has 88 valence electrons. The highest BCUT2D eigenvalue weighted by molar-refractivity contribution is 5.64. The SMILES string of the molecule is CNc1ncc(C)c(-c2ccc(F)cc2F)n1. The Labute approximate surface area is 97.5 Å². The van der Waals surface area contributed by atoms with Gasteiger partial charge in [-0.1, -0.05) is 0 Å². The third-order valence-corrected chi connectivity index (χ3v) is 2.38. The van der Waals surface area contributed by atoms with Crippen molar-refractivity contribution in [3.63, 3.8) is 0 Å². The van der Waals surface area contributed by atoms with Crippen molar-refractivity contribution in [3.05, 3.63) is 41.6 Å². The van der Waals surface area contributed by atoms with Gasteiger partial charge in [0, 0.05) is 24.9 Å². The summed E-state index contributed by atoms with van der Waals surface area (Å²) in [4.78, 5) is 8.18. The van der Waals surface area contributed by atoms with Gasteiger partial charge >= 0.3 is 0 Å². The molecular formula is C12H11F2N3. The van der Waals surface area contributed by atoms with Crippen molar-refractivity contribution in [1.29, 1.82) is 0 Å². The van der Waals surface area contributed by atoms with Gasteiger partial charge in [-0.05, 0) is 24.6 Å². The topological polar surface area (TPSA) is 37.8 Å². The van der Waals surface area contributed by atoms with E-state index in [9.17, 15) is 8.78 Å². The first kappa shape index (κ1) is 11.4. The minimum absolute atomic E-state index is 0.266. The van der Waals surface area contributed by atoms with Gasteiger partial charge in [-0.25, -0.2) is 18.7 Å². The van der Waals surface area contributed by atoms with Gasteiger partial charge in [0.25, 0.3) is 0 Å². The van der Waals surface area contributed by atoms with Gasteiger partial charge in [0.1, 0.15) is 11.6 Å². The van der Waals surface area contributed by atoms with Gasteiger partial charge in [-0.2, -0.15) is 0 Å². The molecule has 1 aromatic carbocycles. The molecule has 0 aliphatic heterocycles. The van der Waals surface area contributed by atoms with Crippen LogP contribution in [0, 0.1) is 18.6 Å². The van der Waals surface area contributed by atoms with E-state index in [1.54, 1.807) is 20.2 Å². The first-order valence-corrected chi connectivity index (χ1v) is 5.08. The maximum atomic E-state index is 13.6. The summed E-state index contributed by atoms with van der Waals surface area (Å²) in [5.74, 6) is -0.838. The van der Waals surface area contributed by atoms with E-state index in [-0.39, 0.29) is 5.56 Å². The Bertz CT molecular complexity index is 555. The number of nitrogens with one attached hydrogen (secondary N) is 1. The fourth-order valence-corrected chi connectivity index (χ4v) is 1.52. The lowest BCUT2D eigenvalue weighted by Gasteiger charge is -2.07. The van der Waals surface area contributed by atoms with Crippen LogP contribution in [0.4, 0.5) is 14.7 Å². The summed E-state index contributed by atoms with van der Waals surface area (Å²) in [7, 11) is 1.68. The van der Waals surface area contributed by atoms with Crippen LogP contribution in [-0.2, 0) is 0 Å². The molecule has 0 bridgehead atoms. The van der Waals surface area contributed by atoms with Crippen LogP contribution in [0.2, 0.25) is 0 Å². The molecule has 0 saturated heterocycles. The zero-order valence-corrected chi connectivity index (χ0v) is 9.46. The molecule has 2 aromatic rings. The predicted octanol–water partition coefficient (Wildman–Crippen LogP) is 2.77. The highest BCUT2D eigenvalue weighted by Crippen LogP contribution is 2.25. The molecule has 2 rings (SSSR count). The van der Waals surface area contributed by atoms with Crippen LogP contribution in [-0.4, -0.2) is 17.0 Å². The Kier molecular flexibility index (Phi) is 2.99. The highest BCUT2D eigenvalue weighted by atomic mass is 19.1. The second-order valence-corrected chi connectivity index (χ2v) is 3.60. The van der Waals surface area contributed by atoms with Gasteiger partial charge in [0.05, 0.1) is 5.69 Å². The molecule has 3 nitrogen and oxygen atoms in total. The summed E-state index contributed by atoms with van der Waals surface area (Å²) in [6.45, 7) is 1.78. The number of hydrogen-bond acceptors (Lipinski definition) is 3. The minimum Gasteiger partial charge on any atom is -0.357 e. The van der Waals surface area contributed by atoms with E-state index in [0.717, 1.165) is 11.6 Å². The largest absolute Gasteiger partial charge is 0.357 e. The summed E-state index contributed by atoms with van der Waals surface area (Å²) >= 11 is 0. The van der Waals surface area contributed by atoms with Crippen molar-refractivity contribution < 1.29 is 8.78 Å². The van der Waals surface area contributed by atoms with Crippen LogP contribution in [0.1, 0.15) is 5.56 Å². The van der Waals surface area contributed by atoms with Crippen LogP contribution in [0.3, 0.4) is 0 Å². The third-order valence-electron chi connectivity index (χ3n) is 2.38. The number of rotatable bonds is 2. The van der Waals surface area contributed by atoms with E-state index in [0.29, 0.717) is 11.6 Å². The summed E-state index contributed by atoms with van der Waals surface area (Å²) in [5, 5.41) is 2.78. The Hall–Kier alpha value is -2.04. The average molecular weight is 235 g/mol. The second kappa shape index (κ2) is 4.45. The number of anilines is 1. The van der Waals surface area contributed by atoms with Crippen molar-refractivity contribution >= 4 is 5.95 Å². The molecule has 17 heavy (non-hydrogen) atoms. The first-order chi connectivity index (χ1) is 8.11. The van der Waals surface area contributed by atoms with Gasteiger partial charge in [-0.15, -0.1) is 0 Å². The number of aromatic nitrogens is 2. The maximum absolute atomic E-state index is 13.6. The Morgan fingerprint density at radius 3 is 2.65 bits per heavy atom. The standard InChI is InChI=1S/C12H11F2N3/c1-7-6-16-12(15-2)17-11(7)9-4-3-8(13)5-10(9)14/h3-6H,1-2H3,(H,15,16,17). The lowest BCUT2D eigenvalue weighted by molar-refractivity contribution is 0.585. The molecule has 0 amide bonds. The van der Waals surface area contributed by atoms with Gasteiger partial charge < -0.3 is 5.32 Å². The molecule has 0 spiro atoms. The van der Waals surface area contributed by atoms with Crippen LogP contribution in [0.15, 0.2) is 24.4 Å². The van der Waals surface area contributed by atoms with Gasteiger partial charge in [0.15, 0.2) is 0 Å². The fourth-order valence-electron chi connectivity index (χ4n) is 1.52. The molecule has 5 heteroatoms. The Balaban J connectivity index is 2.59. The molecule has 0 aliphatic rings. The summed E-state index contributed by atoms with van der Waals surface area (Å²) < 4.78 is 26.5. The van der Waals surface area contributed by atoms with Crippen molar-refractivity contribution in [2.75, 3.05) is 12.4 Å². The smallest absolute Gasteiger partial charge is 0.222 e. The van der Waals surface area contributed by atoms with Crippen molar-refractivity contribution in [2.45, 2.75) is 6.92 Å². The monoisotopic (exact) mass is 235 g/mol. The molecule has 0 aliphatic carbocycles. The highest BCUT2D eigenvalue weighted by Gasteiger charge is 2.11. The average Bonchev–Trinajstić information content (AvgIpc) is 2.30. The number of aryl methyl sites for hydroxylation is 1. The Morgan fingerprint density at radius 1 is 1.24 bits per heavy atom. The molecule has 1 heterocycles. The minimum atomic E-state index is -0.631. The maximum Gasteiger partial charge on any atom is 0.222 e. The lowest BCUT2D eigenvalue weighted by Crippen LogP contribution is -2.00. The summed E-state index contributed by atoms with van der Waals surface area (Å²) in [6.07, 6.45) is 1.59. The van der Waals surface area contributed by atoms with Crippen molar-refractivity contribution in [1.82, 2.24) is 9.97 Å². The fraction of sp³-hybridized carbons (Fsp3) is 0.167. The van der Waals surface area contributed by atoms with E-state index in [2.05, 4.69) is 15.3 Å². The lowest BCUT2D eigenvalue weighted by atomic mass is 10.1. The molecule has 0 radical (unpaired) electrons. The molecule has 0 saturated carbocycles. The second-order valence-electron chi connectivity index (χ2n) is 3.60. The molecule has 1 aromatic heterocycles. The van der Waals surface area contributed by atoms with E-state index >= 15 is 0 Å². The van der Waals surface area contributed by atoms with Crippen LogP contribution < -0.4 is 5.32 Å². The number of halogens is 2. The molecule has 0 atom stereocenters. The molecule has 0 unspecified atom stereocenters. The van der Waals surface area contributed by atoms with Crippen LogP contribution in [0.25, 0.3) is 11.3 Å². The van der Waals surface area contributed by atoms with Crippen LogP contribution >= 0.6 is 0 Å². The summed E-state index contributed by atoms with van der Waals surface area (Å²) in [5.41, 5.74) is 1.46. The third kappa shape index (κ3) is 2.22. The summed E-state index contributed by atoms with van der Waals surface area (Å²) in [6, 6.07) is 3.42. The number of benzene rings is 1. The number of hydrogen-bond donors (Lipinski definition) is 1. The zero-order valence-electron chi connectivity index (χ0n) is 9.46. The van der Waals surface area contributed by atoms with Gasteiger partial charge in [-0.3, -0.25) is 0 Å². The van der Waals surface area contributed by atoms with Gasteiger partial charge in [0.2, 0.25) is 5.95 Å².